The van der Waals surface area contributed by atoms with E-state index in [1.165, 1.54) is 0 Å². The molecule has 0 bridgehead atoms. The molecule has 0 radical (unpaired) electrons. The van der Waals surface area contributed by atoms with Crippen molar-refractivity contribution < 1.29 is 9.84 Å². The van der Waals surface area contributed by atoms with Gasteiger partial charge in [0, 0.05) is 0 Å². The normalized spacial score (nSPS) is 11.4. The molecule has 0 heterocycles. The molecular weight excluding hydrogens is 176 g/mol. The predicted octanol–water partition coefficient (Wildman–Crippen LogP) is 2.14. The Morgan fingerprint density at radius 3 is 2.50 bits per heavy atom. The monoisotopic (exact) mass is 190 g/mol. The zero-order chi connectivity index (χ0) is 10.4. The van der Waals surface area contributed by atoms with Crippen molar-refractivity contribution in [1.29, 1.82) is 0 Å². The van der Waals surface area contributed by atoms with Gasteiger partial charge in [-0.05, 0) is 31.5 Å². The van der Waals surface area contributed by atoms with Crippen molar-refractivity contribution in [1.82, 2.24) is 0 Å². The van der Waals surface area contributed by atoms with E-state index in [2.05, 4.69) is 11.8 Å². The van der Waals surface area contributed by atoms with Crippen LogP contribution in [0.2, 0.25) is 0 Å². The lowest BCUT2D eigenvalue weighted by molar-refractivity contribution is 0.199. The maximum absolute atomic E-state index is 9.27. The lowest BCUT2D eigenvalue weighted by atomic mass is 10.1. The average Bonchev–Trinajstić information content (AvgIpc) is 2.19. The Bertz CT molecular complexity index is 328. The Morgan fingerprint density at radius 1 is 1.36 bits per heavy atom. The zero-order valence-electron chi connectivity index (χ0n) is 8.45. The van der Waals surface area contributed by atoms with E-state index in [0.29, 0.717) is 6.61 Å². The fourth-order valence-corrected chi connectivity index (χ4v) is 1.03. The summed E-state index contributed by atoms with van der Waals surface area (Å²) in [6.07, 6.45) is -0.431. The van der Waals surface area contributed by atoms with Crippen molar-refractivity contribution in [3.63, 3.8) is 0 Å². The molecule has 0 spiro atoms. The topological polar surface area (TPSA) is 29.5 Å². The maximum Gasteiger partial charge on any atom is 0.149 e. The second kappa shape index (κ2) is 5.31. The second-order valence-electron chi connectivity index (χ2n) is 2.96. The number of hydrogen-bond acceptors (Lipinski definition) is 2. The molecule has 1 rings (SSSR count). The Morgan fingerprint density at radius 2 is 2.00 bits per heavy atom. The summed E-state index contributed by atoms with van der Waals surface area (Å²) in [6.45, 7) is 3.92. The molecule has 0 aliphatic rings. The molecule has 0 amide bonds. The first-order valence-corrected chi connectivity index (χ1v) is 4.54. The third-order valence-corrected chi connectivity index (χ3v) is 1.85. The molecule has 0 fully saturated rings. The third kappa shape index (κ3) is 3.12. The molecule has 2 heteroatoms. The van der Waals surface area contributed by atoms with E-state index in [0.717, 1.165) is 11.3 Å². The molecule has 1 aromatic carbocycles. The van der Waals surface area contributed by atoms with Gasteiger partial charge in [-0.15, -0.1) is 5.92 Å². The summed E-state index contributed by atoms with van der Waals surface area (Å²) in [4.78, 5) is 0. The SMILES string of the molecule is CC#CCOc1ccc([C@H](C)O)cc1. The number of rotatable bonds is 3. The Hall–Kier alpha value is -1.46. The van der Waals surface area contributed by atoms with Crippen molar-refractivity contribution in [2.24, 2.45) is 0 Å². The minimum atomic E-state index is -0.431. The quantitative estimate of drug-likeness (QED) is 0.740. The van der Waals surface area contributed by atoms with Gasteiger partial charge in [0.2, 0.25) is 0 Å². The first-order chi connectivity index (χ1) is 6.74. The Kier molecular flexibility index (Phi) is 4.03. The fourth-order valence-electron chi connectivity index (χ4n) is 1.03. The summed E-state index contributed by atoms with van der Waals surface area (Å²) in [5.74, 6) is 6.34. The maximum atomic E-state index is 9.27. The minimum Gasteiger partial charge on any atom is -0.481 e. The van der Waals surface area contributed by atoms with Crippen molar-refractivity contribution in [3.05, 3.63) is 29.8 Å². The van der Waals surface area contributed by atoms with Crippen molar-refractivity contribution in [2.75, 3.05) is 6.61 Å². The first kappa shape index (κ1) is 10.6. The van der Waals surface area contributed by atoms with Gasteiger partial charge in [-0.2, -0.15) is 0 Å². The molecule has 0 aliphatic heterocycles. The molecule has 1 aromatic rings. The molecule has 0 saturated carbocycles. The van der Waals surface area contributed by atoms with Crippen LogP contribution in [0.25, 0.3) is 0 Å². The highest BCUT2D eigenvalue weighted by atomic mass is 16.5. The van der Waals surface area contributed by atoms with Gasteiger partial charge in [0.15, 0.2) is 0 Å². The number of aliphatic hydroxyl groups is 1. The van der Waals surface area contributed by atoms with Crippen LogP contribution in [-0.4, -0.2) is 11.7 Å². The van der Waals surface area contributed by atoms with Gasteiger partial charge >= 0.3 is 0 Å². The van der Waals surface area contributed by atoms with Crippen LogP contribution in [0.4, 0.5) is 0 Å². The molecule has 0 saturated heterocycles. The van der Waals surface area contributed by atoms with E-state index in [9.17, 15) is 5.11 Å². The lowest BCUT2D eigenvalue weighted by Crippen LogP contribution is -1.95. The van der Waals surface area contributed by atoms with E-state index in [1.807, 2.05) is 24.3 Å². The highest BCUT2D eigenvalue weighted by Gasteiger charge is 1.99. The van der Waals surface area contributed by atoms with Crippen LogP contribution >= 0.6 is 0 Å². The zero-order valence-corrected chi connectivity index (χ0v) is 8.45. The van der Waals surface area contributed by atoms with Gasteiger partial charge < -0.3 is 9.84 Å². The lowest BCUT2D eigenvalue weighted by Gasteiger charge is -2.06. The van der Waals surface area contributed by atoms with Crippen LogP contribution in [0.1, 0.15) is 25.5 Å². The fraction of sp³-hybridized carbons (Fsp3) is 0.333. The van der Waals surface area contributed by atoms with Crippen LogP contribution in [-0.2, 0) is 0 Å². The second-order valence-corrected chi connectivity index (χ2v) is 2.96. The Labute approximate surface area is 84.5 Å². The molecule has 0 aliphatic carbocycles. The van der Waals surface area contributed by atoms with E-state index >= 15 is 0 Å². The van der Waals surface area contributed by atoms with Gasteiger partial charge in [0.1, 0.15) is 12.4 Å². The molecule has 2 nitrogen and oxygen atoms in total. The molecule has 14 heavy (non-hydrogen) atoms. The van der Waals surface area contributed by atoms with Gasteiger partial charge in [0.05, 0.1) is 6.10 Å². The van der Waals surface area contributed by atoms with Crippen molar-refractivity contribution in [3.8, 4) is 17.6 Å². The van der Waals surface area contributed by atoms with E-state index < -0.39 is 6.10 Å². The summed E-state index contributed by atoms with van der Waals surface area (Å²) in [5, 5.41) is 9.27. The third-order valence-electron chi connectivity index (χ3n) is 1.85. The minimum absolute atomic E-state index is 0.407. The molecule has 1 atom stereocenters. The van der Waals surface area contributed by atoms with E-state index in [1.54, 1.807) is 13.8 Å². The largest absolute Gasteiger partial charge is 0.481 e. The summed E-state index contributed by atoms with van der Waals surface area (Å²) in [5.41, 5.74) is 0.888. The Balaban J connectivity index is 2.58. The number of hydrogen-bond donors (Lipinski definition) is 1. The summed E-state index contributed by atoms with van der Waals surface area (Å²) in [7, 11) is 0. The van der Waals surface area contributed by atoms with Crippen molar-refractivity contribution >= 4 is 0 Å². The van der Waals surface area contributed by atoms with Crippen LogP contribution in [0.15, 0.2) is 24.3 Å². The van der Waals surface area contributed by atoms with Crippen molar-refractivity contribution in [2.45, 2.75) is 20.0 Å². The average molecular weight is 190 g/mol. The first-order valence-electron chi connectivity index (χ1n) is 4.54. The van der Waals surface area contributed by atoms with Crippen LogP contribution in [0.5, 0.6) is 5.75 Å². The van der Waals surface area contributed by atoms with Crippen LogP contribution in [0, 0.1) is 11.8 Å². The number of ether oxygens (including phenoxy) is 1. The van der Waals surface area contributed by atoms with Gasteiger partial charge in [-0.25, -0.2) is 0 Å². The highest BCUT2D eigenvalue weighted by Crippen LogP contribution is 2.16. The van der Waals surface area contributed by atoms with Crippen LogP contribution < -0.4 is 4.74 Å². The van der Waals surface area contributed by atoms with Gasteiger partial charge in [-0.3, -0.25) is 0 Å². The summed E-state index contributed by atoms with van der Waals surface area (Å²) in [6, 6.07) is 7.36. The van der Waals surface area contributed by atoms with Gasteiger partial charge in [0.25, 0.3) is 0 Å². The smallest absolute Gasteiger partial charge is 0.149 e. The van der Waals surface area contributed by atoms with Crippen LogP contribution in [0.3, 0.4) is 0 Å². The highest BCUT2D eigenvalue weighted by molar-refractivity contribution is 5.28. The molecule has 1 N–H and O–H groups in total. The standard InChI is InChI=1S/C12H14O2/c1-3-4-9-14-12-7-5-11(6-8-12)10(2)13/h5-8,10,13H,9H2,1-2H3/t10-/m0/s1. The van der Waals surface area contributed by atoms with Gasteiger partial charge in [-0.1, -0.05) is 18.1 Å². The van der Waals surface area contributed by atoms with E-state index in [4.69, 9.17) is 4.74 Å². The number of benzene rings is 1. The molecule has 0 aromatic heterocycles. The van der Waals surface area contributed by atoms with E-state index in [-0.39, 0.29) is 0 Å². The molecular formula is C12H14O2. The molecule has 0 unspecified atom stereocenters. The summed E-state index contributed by atoms with van der Waals surface area (Å²) >= 11 is 0. The predicted molar refractivity (Wildman–Crippen MR) is 56.0 cm³/mol. The summed E-state index contributed by atoms with van der Waals surface area (Å²) < 4.78 is 5.33. The number of aliphatic hydroxyl groups excluding tert-OH is 1. The molecule has 74 valence electrons.